The Bertz CT molecular complexity index is 923. The number of aromatic hydroxyl groups is 1. The minimum Gasteiger partial charge on any atom is -0.504 e. The summed E-state index contributed by atoms with van der Waals surface area (Å²) >= 11 is 9.31. The summed E-state index contributed by atoms with van der Waals surface area (Å²) in [6.07, 6.45) is 1.73. The summed E-state index contributed by atoms with van der Waals surface area (Å²) in [5, 5.41) is 16.2. The fourth-order valence-corrected chi connectivity index (χ4v) is 3.11. The molecule has 0 atom stereocenters. The highest BCUT2D eigenvalue weighted by Crippen LogP contribution is 2.35. The smallest absolute Gasteiger partial charge is 0.280 e. The molecule has 2 aromatic rings. The second-order valence-electron chi connectivity index (χ2n) is 5.61. The van der Waals surface area contributed by atoms with Crippen molar-refractivity contribution in [2.45, 2.75) is 13.8 Å². The molecule has 7 heteroatoms. The maximum Gasteiger partial charge on any atom is 0.280 e. The topological polar surface area (TPSA) is 62.1 Å². The zero-order valence-corrected chi connectivity index (χ0v) is 16.5. The first-order chi connectivity index (χ1) is 12.4. The Kier molecular flexibility index (Phi) is 5.34. The van der Waals surface area contributed by atoms with Gasteiger partial charge in [0.1, 0.15) is 0 Å². The summed E-state index contributed by atoms with van der Waals surface area (Å²) in [6.45, 7) is 4.04. The molecule has 1 heterocycles. The number of nitrogens with zero attached hydrogens (tertiary/aromatic N) is 2. The average molecular weight is 436 g/mol. The highest BCUT2D eigenvalue weighted by atomic mass is 79.9. The summed E-state index contributed by atoms with van der Waals surface area (Å²) in [5.41, 5.74) is 2.42. The SMILES string of the molecule is CCOc1cc(/C=C2\C(=O)N(c3ccc(Cl)cc3)N=C2C)c(Br)cc1O. The molecule has 0 saturated heterocycles. The summed E-state index contributed by atoms with van der Waals surface area (Å²) in [6, 6.07) is 10.1. The molecule has 0 aromatic heterocycles. The van der Waals surface area contributed by atoms with Gasteiger partial charge in [0.25, 0.3) is 5.91 Å². The van der Waals surface area contributed by atoms with Gasteiger partial charge in [-0.1, -0.05) is 27.5 Å². The van der Waals surface area contributed by atoms with E-state index < -0.39 is 0 Å². The number of carbonyl (C=O) groups is 1. The molecule has 0 saturated carbocycles. The van der Waals surface area contributed by atoms with E-state index in [9.17, 15) is 9.90 Å². The third-order valence-corrected chi connectivity index (χ3v) is 4.75. The van der Waals surface area contributed by atoms with Crippen molar-refractivity contribution >= 4 is 50.9 Å². The molecular weight excluding hydrogens is 420 g/mol. The number of amides is 1. The number of hydrogen-bond donors (Lipinski definition) is 1. The van der Waals surface area contributed by atoms with E-state index in [-0.39, 0.29) is 11.7 Å². The number of hydrogen-bond acceptors (Lipinski definition) is 4. The van der Waals surface area contributed by atoms with Crippen LogP contribution in [-0.4, -0.2) is 23.3 Å². The Morgan fingerprint density at radius 2 is 2.00 bits per heavy atom. The molecule has 0 aliphatic carbocycles. The Labute approximate surface area is 164 Å². The van der Waals surface area contributed by atoms with E-state index in [1.54, 1.807) is 49.4 Å². The fourth-order valence-electron chi connectivity index (χ4n) is 2.54. The quantitative estimate of drug-likeness (QED) is 0.687. The third-order valence-electron chi connectivity index (χ3n) is 3.81. The Balaban J connectivity index is 1.97. The van der Waals surface area contributed by atoms with E-state index in [1.165, 1.54) is 5.01 Å². The van der Waals surface area contributed by atoms with Crippen LogP contribution in [0.1, 0.15) is 19.4 Å². The lowest BCUT2D eigenvalue weighted by Gasteiger charge is -2.12. The molecule has 0 bridgehead atoms. The van der Waals surface area contributed by atoms with Gasteiger partial charge in [-0.05, 0) is 61.9 Å². The Hall–Kier alpha value is -2.31. The maximum atomic E-state index is 12.8. The highest BCUT2D eigenvalue weighted by molar-refractivity contribution is 9.10. The van der Waals surface area contributed by atoms with Gasteiger partial charge in [0.2, 0.25) is 0 Å². The van der Waals surface area contributed by atoms with Gasteiger partial charge in [0, 0.05) is 9.50 Å². The van der Waals surface area contributed by atoms with Gasteiger partial charge in [0.15, 0.2) is 11.5 Å². The number of phenolic OH excluding ortho intramolecular Hbond substituents is 1. The Morgan fingerprint density at radius 1 is 1.31 bits per heavy atom. The summed E-state index contributed by atoms with van der Waals surface area (Å²) in [5.74, 6) is 0.159. The molecule has 0 unspecified atom stereocenters. The van der Waals surface area contributed by atoms with Crippen LogP contribution in [0.2, 0.25) is 5.02 Å². The normalized spacial score (nSPS) is 15.5. The van der Waals surface area contributed by atoms with Crippen LogP contribution < -0.4 is 9.75 Å². The maximum absolute atomic E-state index is 12.8. The largest absolute Gasteiger partial charge is 0.504 e. The minimum absolute atomic E-state index is 0.0341. The number of phenols is 1. The molecule has 0 fully saturated rings. The lowest BCUT2D eigenvalue weighted by molar-refractivity contribution is -0.114. The van der Waals surface area contributed by atoms with Gasteiger partial charge in [-0.15, -0.1) is 0 Å². The van der Waals surface area contributed by atoms with Crippen molar-refractivity contribution in [1.82, 2.24) is 0 Å². The first-order valence-electron chi connectivity index (χ1n) is 7.93. The lowest BCUT2D eigenvalue weighted by Crippen LogP contribution is -2.21. The van der Waals surface area contributed by atoms with Crippen molar-refractivity contribution in [3.63, 3.8) is 0 Å². The monoisotopic (exact) mass is 434 g/mol. The second kappa shape index (κ2) is 7.51. The minimum atomic E-state index is -0.234. The van der Waals surface area contributed by atoms with E-state index in [0.29, 0.717) is 44.4 Å². The molecule has 5 nitrogen and oxygen atoms in total. The van der Waals surface area contributed by atoms with Crippen LogP contribution in [0.4, 0.5) is 5.69 Å². The molecular formula is C19H16BrClN2O3. The predicted octanol–water partition coefficient (Wildman–Crippen LogP) is 5.01. The lowest BCUT2D eigenvalue weighted by atomic mass is 10.1. The van der Waals surface area contributed by atoms with E-state index >= 15 is 0 Å². The van der Waals surface area contributed by atoms with Crippen molar-refractivity contribution in [3.05, 3.63) is 57.0 Å². The molecule has 3 rings (SSSR count). The average Bonchev–Trinajstić information content (AvgIpc) is 2.88. The van der Waals surface area contributed by atoms with E-state index in [2.05, 4.69) is 21.0 Å². The van der Waals surface area contributed by atoms with Crippen LogP contribution in [0.3, 0.4) is 0 Å². The van der Waals surface area contributed by atoms with Gasteiger partial charge in [-0.3, -0.25) is 4.79 Å². The molecule has 1 aliphatic heterocycles. The van der Waals surface area contributed by atoms with Crippen LogP contribution >= 0.6 is 27.5 Å². The van der Waals surface area contributed by atoms with Crippen molar-refractivity contribution in [2.24, 2.45) is 5.10 Å². The second-order valence-corrected chi connectivity index (χ2v) is 6.90. The number of ether oxygens (including phenoxy) is 1. The molecule has 1 N–H and O–H groups in total. The standard InChI is InChI=1S/C19H16BrClN2O3/c1-3-26-18-9-12(16(20)10-17(18)24)8-15-11(2)22-23(19(15)25)14-6-4-13(21)5-7-14/h4-10,24H,3H2,1-2H3/b15-8-. The van der Waals surface area contributed by atoms with Gasteiger partial charge in [-0.25, -0.2) is 0 Å². The molecule has 26 heavy (non-hydrogen) atoms. The number of halogens is 2. The van der Waals surface area contributed by atoms with Crippen molar-refractivity contribution in [2.75, 3.05) is 11.6 Å². The summed E-state index contributed by atoms with van der Waals surface area (Å²) in [7, 11) is 0. The van der Waals surface area contributed by atoms with Crippen LogP contribution in [-0.2, 0) is 4.79 Å². The highest BCUT2D eigenvalue weighted by Gasteiger charge is 2.29. The number of benzene rings is 2. The van der Waals surface area contributed by atoms with E-state index in [4.69, 9.17) is 16.3 Å². The number of rotatable bonds is 4. The number of carbonyl (C=O) groups excluding carboxylic acids is 1. The molecule has 1 aliphatic rings. The molecule has 1 amide bonds. The zero-order valence-electron chi connectivity index (χ0n) is 14.2. The molecule has 0 radical (unpaired) electrons. The van der Waals surface area contributed by atoms with Gasteiger partial charge in [-0.2, -0.15) is 10.1 Å². The van der Waals surface area contributed by atoms with Crippen LogP contribution in [0.5, 0.6) is 11.5 Å². The van der Waals surface area contributed by atoms with Gasteiger partial charge >= 0.3 is 0 Å². The van der Waals surface area contributed by atoms with Gasteiger partial charge in [0.05, 0.1) is 23.6 Å². The molecule has 0 spiro atoms. The van der Waals surface area contributed by atoms with Crippen molar-refractivity contribution in [3.8, 4) is 11.5 Å². The van der Waals surface area contributed by atoms with Crippen LogP contribution in [0.15, 0.2) is 51.5 Å². The fraction of sp³-hybridized carbons (Fsp3) is 0.158. The van der Waals surface area contributed by atoms with Gasteiger partial charge < -0.3 is 9.84 Å². The Morgan fingerprint density at radius 3 is 2.65 bits per heavy atom. The molecule has 134 valence electrons. The predicted molar refractivity (Wildman–Crippen MR) is 107 cm³/mol. The van der Waals surface area contributed by atoms with Crippen LogP contribution in [0.25, 0.3) is 6.08 Å². The zero-order chi connectivity index (χ0) is 18.8. The number of hydrazone groups is 1. The third kappa shape index (κ3) is 3.61. The van der Waals surface area contributed by atoms with Crippen molar-refractivity contribution in [1.29, 1.82) is 0 Å². The number of anilines is 1. The van der Waals surface area contributed by atoms with E-state index in [0.717, 1.165) is 0 Å². The summed E-state index contributed by atoms with van der Waals surface area (Å²) < 4.78 is 6.06. The van der Waals surface area contributed by atoms with Crippen LogP contribution in [0, 0.1) is 0 Å². The first-order valence-corrected chi connectivity index (χ1v) is 9.10. The van der Waals surface area contributed by atoms with Crippen molar-refractivity contribution < 1.29 is 14.6 Å². The summed E-state index contributed by atoms with van der Waals surface area (Å²) in [4.78, 5) is 12.8. The first kappa shape index (κ1) is 18.5. The van der Waals surface area contributed by atoms with E-state index in [1.807, 2.05) is 6.92 Å². The molecule has 2 aromatic carbocycles.